The molecule has 1 heterocycles. The summed E-state index contributed by atoms with van der Waals surface area (Å²) in [5.41, 5.74) is 0.183. The maximum absolute atomic E-state index is 13.8. The lowest BCUT2D eigenvalue weighted by Crippen LogP contribution is -2.37. The fourth-order valence-corrected chi connectivity index (χ4v) is 4.13. The molecular weight excluding hydrogens is 297 g/mol. The summed E-state index contributed by atoms with van der Waals surface area (Å²) < 4.78 is 41.8. The number of hydrogen-bond acceptors (Lipinski definition) is 4. The summed E-state index contributed by atoms with van der Waals surface area (Å²) in [7, 11) is -1.52. The average Bonchev–Trinajstić information content (AvgIpc) is 2.80. The van der Waals surface area contributed by atoms with E-state index >= 15 is 0 Å². The van der Waals surface area contributed by atoms with E-state index in [9.17, 15) is 17.6 Å². The Morgan fingerprint density at radius 3 is 2.71 bits per heavy atom. The molecule has 1 saturated heterocycles. The summed E-state index contributed by atoms with van der Waals surface area (Å²) in [6.07, 6.45) is 0.421. The van der Waals surface area contributed by atoms with Crippen LogP contribution in [0.25, 0.3) is 0 Å². The first-order valence-electron chi connectivity index (χ1n) is 6.74. The topological polar surface area (TPSA) is 63.7 Å². The number of hydrogen-bond donors (Lipinski definition) is 0. The Morgan fingerprint density at radius 2 is 2.19 bits per heavy atom. The largest absolute Gasteiger partial charge is 0.491 e. The van der Waals surface area contributed by atoms with Crippen molar-refractivity contribution in [3.05, 3.63) is 29.6 Å². The zero-order chi connectivity index (χ0) is 15.6. The van der Waals surface area contributed by atoms with E-state index in [0.29, 0.717) is 13.0 Å². The Bertz CT molecular complexity index is 644. The fraction of sp³-hybridized carbons (Fsp3) is 0.500. The molecule has 5 nitrogen and oxygen atoms in total. The molecule has 1 amide bonds. The Kier molecular flexibility index (Phi) is 4.51. The predicted molar refractivity (Wildman–Crippen MR) is 76.7 cm³/mol. The smallest absolute Gasteiger partial charge is 0.253 e. The molecule has 1 aliphatic heterocycles. The van der Waals surface area contributed by atoms with Gasteiger partial charge in [0.25, 0.3) is 5.91 Å². The molecule has 0 aliphatic carbocycles. The van der Waals surface area contributed by atoms with Gasteiger partial charge < -0.3 is 9.64 Å². The summed E-state index contributed by atoms with van der Waals surface area (Å²) in [5.74, 6) is -0.837. The van der Waals surface area contributed by atoms with Crippen molar-refractivity contribution in [3.63, 3.8) is 0 Å². The number of amides is 1. The molecule has 1 atom stereocenters. The molecule has 0 spiro atoms. The van der Waals surface area contributed by atoms with Crippen LogP contribution in [-0.4, -0.2) is 50.4 Å². The summed E-state index contributed by atoms with van der Waals surface area (Å²) >= 11 is 0. The Morgan fingerprint density at radius 1 is 1.48 bits per heavy atom. The fourth-order valence-electron chi connectivity index (χ4n) is 2.36. The zero-order valence-electron chi connectivity index (χ0n) is 12.0. The van der Waals surface area contributed by atoms with E-state index < -0.39 is 15.7 Å². The van der Waals surface area contributed by atoms with E-state index in [0.717, 1.165) is 6.07 Å². The van der Waals surface area contributed by atoms with E-state index in [-0.39, 0.29) is 34.8 Å². The van der Waals surface area contributed by atoms with Crippen LogP contribution < -0.4 is 4.74 Å². The molecule has 1 aromatic carbocycles. The summed E-state index contributed by atoms with van der Waals surface area (Å²) in [4.78, 5) is 13.7. The van der Waals surface area contributed by atoms with Gasteiger partial charge in [-0.2, -0.15) is 0 Å². The van der Waals surface area contributed by atoms with Crippen molar-refractivity contribution < 1.29 is 22.3 Å². The third-order valence-corrected chi connectivity index (χ3v) is 5.31. The molecule has 0 radical (unpaired) electrons. The SMILES string of the molecule is CCOc1ccc(C(=O)N(C)C2CCS(=O)(=O)C2)cc1F. The summed E-state index contributed by atoms with van der Waals surface area (Å²) in [6.45, 7) is 2.08. The number of rotatable bonds is 4. The monoisotopic (exact) mass is 315 g/mol. The van der Waals surface area contributed by atoms with Crippen LogP contribution in [0.1, 0.15) is 23.7 Å². The molecule has 116 valence electrons. The number of ether oxygens (including phenoxy) is 1. The van der Waals surface area contributed by atoms with E-state index in [2.05, 4.69) is 0 Å². The van der Waals surface area contributed by atoms with Gasteiger partial charge in [0.05, 0.1) is 18.1 Å². The number of sulfone groups is 1. The highest BCUT2D eigenvalue weighted by Gasteiger charge is 2.33. The zero-order valence-corrected chi connectivity index (χ0v) is 12.8. The number of benzene rings is 1. The Labute approximate surface area is 123 Å². The first-order valence-corrected chi connectivity index (χ1v) is 8.56. The van der Waals surface area contributed by atoms with Crippen molar-refractivity contribution in [1.29, 1.82) is 0 Å². The quantitative estimate of drug-likeness (QED) is 0.844. The van der Waals surface area contributed by atoms with Gasteiger partial charge in [0.15, 0.2) is 21.4 Å². The molecule has 0 N–H and O–H groups in total. The second kappa shape index (κ2) is 6.01. The van der Waals surface area contributed by atoms with Crippen molar-refractivity contribution >= 4 is 15.7 Å². The second-order valence-corrected chi connectivity index (χ2v) is 7.28. The van der Waals surface area contributed by atoms with Crippen molar-refractivity contribution in [2.24, 2.45) is 0 Å². The minimum atomic E-state index is -3.07. The maximum Gasteiger partial charge on any atom is 0.253 e. The lowest BCUT2D eigenvalue weighted by molar-refractivity contribution is 0.0747. The van der Waals surface area contributed by atoms with E-state index in [1.165, 1.54) is 17.0 Å². The molecule has 1 unspecified atom stereocenters. The third kappa shape index (κ3) is 3.53. The van der Waals surface area contributed by atoms with Gasteiger partial charge >= 0.3 is 0 Å². The molecule has 1 fully saturated rings. The minimum absolute atomic E-state index is 0.0330. The van der Waals surface area contributed by atoms with Gasteiger partial charge in [0, 0.05) is 18.7 Å². The Hall–Kier alpha value is -1.63. The van der Waals surface area contributed by atoms with Crippen molar-refractivity contribution in [1.82, 2.24) is 4.90 Å². The molecule has 21 heavy (non-hydrogen) atoms. The van der Waals surface area contributed by atoms with Gasteiger partial charge in [-0.05, 0) is 31.5 Å². The highest BCUT2D eigenvalue weighted by atomic mass is 32.2. The first-order chi connectivity index (χ1) is 9.84. The minimum Gasteiger partial charge on any atom is -0.491 e. The number of carbonyl (C=O) groups excluding carboxylic acids is 1. The van der Waals surface area contributed by atoms with Crippen LogP contribution in [0.15, 0.2) is 18.2 Å². The standard InChI is InChI=1S/C14H18FNO4S/c1-3-20-13-5-4-10(8-12(13)15)14(17)16(2)11-6-7-21(18,19)9-11/h4-5,8,11H,3,6-7,9H2,1-2H3. The van der Waals surface area contributed by atoms with Crippen LogP contribution in [0.3, 0.4) is 0 Å². The average molecular weight is 315 g/mol. The molecule has 0 bridgehead atoms. The lowest BCUT2D eigenvalue weighted by Gasteiger charge is -2.23. The molecule has 2 rings (SSSR count). The van der Waals surface area contributed by atoms with Crippen molar-refractivity contribution in [3.8, 4) is 5.75 Å². The van der Waals surface area contributed by atoms with Gasteiger partial charge in [-0.1, -0.05) is 0 Å². The van der Waals surface area contributed by atoms with Crippen LogP contribution in [0.2, 0.25) is 0 Å². The highest BCUT2D eigenvalue weighted by Crippen LogP contribution is 2.22. The van der Waals surface area contributed by atoms with Gasteiger partial charge in [0.1, 0.15) is 0 Å². The highest BCUT2D eigenvalue weighted by molar-refractivity contribution is 7.91. The van der Waals surface area contributed by atoms with Gasteiger partial charge in [-0.25, -0.2) is 12.8 Å². The predicted octanol–water partition coefficient (Wildman–Crippen LogP) is 1.48. The molecule has 0 aromatic heterocycles. The summed E-state index contributed by atoms with van der Waals surface area (Å²) in [5, 5.41) is 0. The molecule has 7 heteroatoms. The van der Waals surface area contributed by atoms with Crippen LogP contribution in [0, 0.1) is 5.82 Å². The van der Waals surface area contributed by atoms with Crippen molar-refractivity contribution in [2.75, 3.05) is 25.2 Å². The summed E-state index contributed by atoms with van der Waals surface area (Å²) in [6, 6.07) is 3.66. The molecular formula is C14H18FNO4S. The molecule has 1 aromatic rings. The van der Waals surface area contributed by atoms with Gasteiger partial charge in [-0.15, -0.1) is 0 Å². The number of nitrogens with zero attached hydrogens (tertiary/aromatic N) is 1. The van der Waals surface area contributed by atoms with Crippen LogP contribution in [-0.2, 0) is 9.84 Å². The first kappa shape index (κ1) is 15.8. The molecule has 1 aliphatic rings. The maximum atomic E-state index is 13.8. The van der Waals surface area contributed by atoms with Gasteiger partial charge in [0.2, 0.25) is 0 Å². The van der Waals surface area contributed by atoms with E-state index in [4.69, 9.17) is 4.74 Å². The third-order valence-electron chi connectivity index (χ3n) is 3.56. The number of halogens is 1. The van der Waals surface area contributed by atoms with Gasteiger partial charge in [-0.3, -0.25) is 4.79 Å². The lowest BCUT2D eigenvalue weighted by atomic mass is 10.1. The van der Waals surface area contributed by atoms with Crippen LogP contribution in [0.5, 0.6) is 5.75 Å². The van der Waals surface area contributed by atoms with Crippen LogP contribution in [0.4, 0.5) is 4.39 Å². The second-order valence-electron chi connectivity index (χ2n) is 5.05. The molecule has 0 saturated carbocycles. The van der Waals surface area contributed by atoms with Crippen LogP contribution >= 0.6 is 0 Å². The van der Waals surface area contributed by atoms with E-state index in [1.54, 1.807) is 14.0 Å². The van der Waals surface area contributed by atoms with E-state index in [1.807, 2.05) is 0 Å². The normalized spacial score (nSPS) is 20.2. The van der Waals surface area contributed by atoms with Crippen molar-refractivity contribution in [2.45, 2.75) is 19.4 Å². The Balaban J connectivity index is 2.14. The number of carbonyl (C=O) groups is 1.